The van der Waals surface area contributed by atoms with Crippen molar-refractivity contribution in [2.45, 2.75) is 38.0 Å². The van der Waals surface area contributed by atoms with Crippen molar-refractivity contribution in [2.75, 3.05) is 12.4 Å². The lowest BCUT2D eigenvalue weighted by atomic mass is 10.0. The number of thiazole rings is 1. The largest absolute Gasteiger partial charge is 0.380 e. The lowest BCUT2D eigenvalue weighted by Crippen LogP contribution is -2.17. The van der Waals surface area contributed by atoms with E-state index < -0.39 is 5.66 Å². The van der Waals surface area contributed by atoms with Crippen molar-refractivity contribution in [2.24, 2.45) is 10.2 Å². The van der Waals surface area contributed by atoms with E-state index >= 15 is 0 Å². The smallest absolute Gasteiger partial charge is 0.226 e. The zero-order valence-corrected chi connectivity index (χ0v) is 14.2. The molecular formula is C17H18N4O2S. The van der Waals surface area contributed by atoms with Gasteiger partial charge in [-0.1, -0.05) is 23.5 Å². The number of fused-ring (bicyclic) bond motifs is 1. The van der Waals surface area contributed by atoms with E-state index in [2.05, 4.69) is 26.4 Å². The van der Waals surface area contributed by atoms with Gasteiger partial charge in [0.25, 0.3) is 0 Å². The third kappa shape index (κ3) is 3.78. The summed E-state index contributed by atoms with van der Waals surface area (Å²) in [5.74, 6) is 2.50. The second-order valence-electron chi connectivity index (χ2n) is 5.65. The minimum absolute atomic E-state index is 0.0836. The number of rotatable bonds is 8. The van der Waals surface area contributed by atoms with Crippen LogP contribution in [-0.2, 0) is 16.1 Å². The Hall–Kier alpha value is -2.30. The van der Waals surface area contributed by atoms with Gasteiger partial charge in [0.05, 0.1) is 16.8 Å². The summed E-state index contributed by atoms with van der Waals surface area (Å²) in [5, 5.41) is 11.5. The summed E-state index contributed by atoms with van der Waals surface area (Å²) in [4.78, 5) is 16.7. The minimum Gasteiger partial charge on any atom is -0.380 e. The molecule has 0 radical (unpaired) electrons. The minimum atomic E-state index is -0.428. The number of ether oxygens (including phenoxy) is 1. The summed E-state index contributed by atoms with van der Waals surface area (Å²) < 4.78 is 6.21. The van der Waals surface area contributed by atoms with Gasteiger partial charge in [0.1, 0.15) is 0 Å². The Bertz CT molecular complexity index is 816. The molecule has 0 aliphatic carbocycles. The number of anilines is 1. The van der Waals surface area contributed by atoms with E-state index in [1.165, 1.54) is 11.3 Å². The molecule has 0 saturated carbocycles. The molecular weight excluding hydrogens is 324 g/mol. The quantitative estimate of drug-likeness (QED) is 0.743. The maximum atomic E-state index is 12.2. The van der Waals surface area contributed by atoms with E-state index in [9.17, 15) is 4.79 Å². The second kappa shape index (κ2) is 7.07. The number of amides is 1. The Balaban J connectivity index is 1.60. The lowest BCUT2D eigenvalue weighted by molar-refractivity contribution is -0.116. The number of terminal acetylenes is 1. The second-order valence-corrected chi connectivity index (χ2v) is 6.68. The highest BCUT2D eigenvalue weighted by atomic mass is 32.1. The molecule has 6 nitrogen and oxygen atoms in total. The van der Waals surface area contributed by atoms with Gasteiger partial charge in [-0.3, -0.25) is 4.79 Å². The summed E-state index contributed by atoms with van der Waals surface area (Å²) in [6, 6.07) is 5.92. The van der Waals surface area contributed by atoms with E-state index in [-0.39, 0.29) is 5.91 Å². The predicted octanol–water partition coefficient (Wildman–Crippen LogP) is 3.74. The average molecular weight is 342 g/mol. The highest BCUT2D eigenvalue weighted by Crippen LogP contribution is 2.37. The molecule has 1 amide bonds. The van der Waals surface area contributed by atoms with Gasteiger partial charge in [-0.15, -0.1) is 12.3 Å². The SMILES string of the molecule is C#CCCC1(CCC(=O)Nc2nc3c(COC)cccc3s2)N=N1. The van der Waals surface area contributed by atoms with Gasteiger partial charge < -0.3 is 10.1 Å². The molecule has 1 aromatic heterocycles. The summed E-state index contributed by atoms with van der Waals surface area (Å²) in [6.45, 7) is 0.495. The average Bonchev–Trinajstić information content (AvgIpc) is 3.23. The van der Waals surface area contributed by atoms with Crippen LogP contribution < -0.4 is 5.32 Å². The summed E-state index contributed by atoms with van der Waals surface area (Å²) in [5.41, 5.74) is 1.45. The van der Waals surface area contributed by atoms with Gasteiger partial charge >= 0.3 is 0 Å². The van der Waals surface area contributed by atoms with Crippen LogP contribution in [0.2, 0.25) is 0 Å². The normalized spacial score (nSPS) is 14.5. The molecule has 1 aliphatic heterocycles. The van der Waals surface area contributed by atoms with Crippen molar-refractivity contribution < 1.29 is 9.53 Å². The Labute approximate surface area is 144 Å². The Morgan fingerprint density at radius 2 is 2.25 bits per heavy atom. The fraction of sp³-hybridized carbons (Fsp3) is 0.412. The zero-order valence-electron chi connectivity index (χ0n) is 13.4. The third-order valence-electron chi connectivity index (χ3n) is 3.85. The van der Waals surface area contributed by atoms with E-state index in [1.54, 1.807) is 7.11 Å². The molecule has 1 aliphatic rings. The summed E-state index contributed by atoms with van der Waals surface area (Å²) >= 11 is 1.46. The standard InChI is InChI=1S/C17H18N4O2S/c1-3-4-9-17(20-21-17)10-8-14(22)18-16-19-15-12(11-23-2)6-5-7-13(15)24-16/h1,5-7H,4,8-11H2,2H3,(H,18,19,22). The van der Waals surface area contributed by atoms with Gasteiger partial charge in [-0.25, -0.2) is 4.98 Å². The maximum Gasteiger partial charge on any atom is 0.226 e. The van der Waals surface area contributed by atoms with Crippen molar-refractivity contribution >= 4 is 32.6 Å². The number of hydrogen-bond acceptors (Lipinski definition) is 6. The number of hydrogen-bond donors (Lipinski definition) is 1. The Kier molecular flexibility index (Phi) is 4.88. The first-order chi connectivity index (χ1) is 11.7. The van der Waals surface area contributed by atoms with Crippen molar-refractivity contribution in [1.82, 2.24) is 4.98 Å². The molecule has 0 saturated heterocycles. The van der Waals surface area contributed by atoms with Gasteiger partial charge in [-0.05, 0) is 6.07 Å². The number of benzene rings is 1. The molecule has 2 heterocycles. The van der Waals surface area contributed by atoms with Crippen molar-refractivity contribution in [3.05, 3.63) is 23.8 Å². The van der Waals surface area contributed by atoms with Crippen LogP contribution in [0.25, 0.3) is 10.2 Å². The van der Waals surface area contributed by atoms with E-state index in [1.807, 2.05) is 18.2 Å². The van der Waals surface area contributed by atoms with Crippen LogP contribution in [0.3, 0.4) is 0 Å². The van der Waals surface area contributed by atoms with Crippen LogP contribution in [0, 0.1) is 12.3 Å². The Morgan fingerprint density at radius 1 is 1.42 bits per heavy atom. The van der Waals surface area contributed by atoms with Crippen LogP contribution >= 0.6 is 11.3 Å². The topological polar surface area (TPSA) is 75.9 Å². The number of aromatic nitrogens is 1. The third-order valence-corrected chi connectivity index (χ3v) is 4.79. The first-order valence-corrected chi connectivity index (χ1v) is 8.52. The zero-order chi connectivity index (χ0) is 17.0. The Morgan fingerprint density at radius 3 is 2.96 bits per heavy atom. The summed E-state index contributed by atoms with van der Waals surface area (Å²) in [6.07, 6.45) is 7.52. The fourth-order valence-electron chi connectivity index (χ4n) is 2.49. The van der Waals surface area contributed by atoms with Crippen LogP contribution in [0.4, 0.5) is 5.13 Å². The molecule has 0 spiro atoms. The molecule has 7 heteroatoms. The van der Waals surface area contributed by atoms with Crippen LogP contribution in [0.5, 0.6) is 0 Å². The van der Waals surface area contributed by atoms with Gasteiger partial charge in [-0.2, -0.15) is 10.2 Å². The molecule has 1 N–H and O–H groups in total. The molecule has 3 rings (SSSR count). The lowest BCUT2D eigenvalue weighted by Gasteiger charge is -2.07. The molecule has 24 heavy (non-hydrogen) atoms. The number of para-hydroxylation sites is 1. The molecule has 2 aromatic rings. The number of nitrogens with zero attached hydrogens (tertiary/aromatic N) is 3. The molecule has 0 fully saturated rings. The molecule has 0 atom stereocenters. The van der Waals surface area contributed by atoms with Gasteiger partial charge in [0, 0.05) is 38.4 Å². The van der Waals surface area contributed by atoms with Crippen molar-refractivity contribution in [3.8, 4) is 12.3 Å². The van der Waals surface area contributed by atoms with Gasteiger partial charge in [0.15, 0.2) is 10.8 Å². The molecule has 0 bridgehead atoms. The number of methoxy groups -OCH3 is 1. The van der Waals surface area contributed by atoms with Crippen LogP contribution in [-0.4, -0.2) is 23.7 Å². The molecule has 124 valence electrons. The van der Waals surface area contributed by atoms with Crippen LogP contribution in [0.15, 0.2) is 28.4 Å². The highest BCUT2D eigenvalue weighted by Gasteiger charge is 2.39. The summed E-state index contributed by atoms with van der Waals surface area (Å²) in [7, 11) is 1.65. The first-order valence-electron chi connectivity index (χ1n) is 7.70. The van der Waals surface area contributed by atoms with Crippen LogP contribution in [0.1, 0.15) is 31.2 Å². The number of carbonyl (C=O) groups excluding carboxylic acids is 1. The predicted molar refractivity (Wildman–Crippen MR) is 93.9 cm³/mol. The first kappa shape index (κ1) is 16.6. The van der Waals surface area contributed by atoms with Crippen molar-refractivity contribution in [3.63, 3.8) is 0 Å². The molecule has 1 aromatic carbocycles. The monoisotopic (exact) mass is 342 g/mol. The molecule has 0 unspecified atom stereocenters. The van der Waals surface area contributed by atoms with Gasteiger partial charge in [0.2, 0.25) is 5.91 Å². The maximum absolute atomic E-state index is 12.2. The van der Waals surface area contributed by atoms with E-state index in [0.29, 0.717) is 37.4 Å². The van der Waals surface area contributed by atoms with E-state index in [4.69, 9.17) is 11.2 Å². The number of carbonyl (C=O) groups is 1. The highest BCUT2D eigenvalue weighted by molar-refractivity contribution is 7.22. The van der Waals surface area contributed by atoms with Crippen molar-refractivity contribution in [1.29, 1.82) is 0 Å². The fourth-order valence-corrected chi connectivity index (χ4v) is 3.42. The van der Waals surface area contributed by atoms with E-state index in [0.717, 1.165) is 15.8 Å². The number of nitrogens with one attached hydrogen (secondary N) is 1.